The van der Waals surface area contributed by atoms with E-state index in [-0.39, 0.29) is 35.1 Å². The van der Waals surface area contributed by atoms with Crippen LogP contribution in [0.25, 0.3) is 0 Å². The number of aliphatic hydroxyl groups is 1. The molecular weight excluding hydrogens is 520 g/mol. The minimum atomic E-state index is -0.644. The monoisotopic (exact) mass is 568 g/mol. The molecule has 0 unspecified atom stereocenters. The van der Waals surface area contributed by atoms with Gasteiger partial charge in [0, 0.05) is 50.2 Å². The number of aromatic hydroxyl groups is 1. The molecule has 0 saturated carbocycles. The van der Waals surface area contributed by atoms with Gasteiger partial charge in [-0.15, -0.1) is 0 Å². The number of nitrogens with one attached hydrogen (secondary N) is 2. The zero-order valence-electron chi connectivity index (χ0n) is 24.8. The number of aliphatic imine (C=N–C) groups is 1. The lowest BCUT2D eigenvalue weighted by Crippen LogP contribution is -2.42. The third kappa shape index (κ3) is 8.52. The molecule has 1 saturated heterocycles. The number of hydrogen-bond donors (Lipinski definition) is 5. The Morgan fingerprint density at radius 1 is 1.29 bits per heavy atom. The highest BCUT2D eigenvalue weighted by Gasteiger charge is 2.36. The summed E-state index contributed by atoms with van der Waals surface area (Å²) in [6.07, 6.45) is 6.45. The molecule has 4 bridgehead atoms. The first kappa shape index (κ1) is 31.0. The van der Waals surface area contributed by atoms with Gasteiger partial charge in [-0.05, 0) is 75.6 Å². The van der Waals surface area contributed by atoms with Crippen LogP contribution >= 0.6 is 0 Å². The van der Waals surface area contributed by atoms with Crippen LogP contribution in [0.4, 0.5) is 0 Å². The fourth-order valence-electron chi connectivity index (χ4n) is 6.56. The van der Waals surface area contributed by atoms with Gasteiger partial charge in [0.15, 0.2) is 17.5 Å². The third-order valence-electron chi connectivity index (χ3n) is 9.12. The van der Waals surface area contributed by atoms with Gasteiger partial charge < -0.3 is 36.1 Å². The largest absolute Gasteiger partial charge is 0.504 e. The van der Waals surface area contributed by atoms with E-state index in [9.17, 15) is 15.0 Å². The van der Waals surface area contributed by atoms with Crippen molar-refractivity contribution in [2.45, 2.75) is 102 Å². The summed E-state index contributed by atoms with van der Waals surface area (Å²) in [6.45, 7) is 4.98. The second kappa shape index (κ2) is 14.3. The predicted octanol–water partition coefficient (Wildman–Crippen LogP) is 3.26. The maximum Gasteiger partial charge on any atom is 0.302 e. The van der Waals surface area contributed by atoms with Crippen molar-refractivity contribution in [3.63, 3.8) is 0 Å². The first-order valence-corrected chi connectivity index (χ1v) is 15.3. The van der Waals surface area contributed by atoms with Gasteiger partial charge >= 0.3 is 5.97 Å². The average molecular weight is 569 g/mol. The van der Waals surface area contributed by atoms with Crippen LogP contribution < -0.4 is 21.1 Å². The number of phenols is 1. The van der Waals surface area contributed by atoms with Crippen LogP contribution in [-0.4, -0.2) is 66.6 Å². The maximum atomic E-state index is 12.3. The van der Waals surface area contributed by atoms with E-state index < -0.39 is 12.2 Å². The number of rotatable bonds is 4. The van der Waals surface area contributed by atoms with E-state index >= 15 is 0 Å². The summed E-state index contributed by atoms with van der Waals surface area (Å²) in [5.41, 5.74) is 6.58. The SMILES string of the molecule is CC[C@@]1(CNC(N)=NC)C#C[C@H]2CCC[C@H]3C[C@@H](CCN3)Oc3cc(ccc3O)C[C@@H]2[C@@H](OC(C)=O)C[C@@H](O)CC1. The maximum absolute atomic E-state index is 12.3. The molecular formula is C32H48N4O5. The van der Waals surface area contributed by atoms with E-state index in [2.05, 4.69) is 34.4 Å². The highest BCUT2D eigenvalue weighted by Crippen LogP contribution is 2.37. The van der Waals surface area contributed by atoms with Gasteiger partial charge in [0.2, 0.25) is 0 Å². The van der Waals surface area contributed by atoms with Gasteiger partial charge in [0.1, 0.15) is 12.2 Å². The minimum absolute atomic E-state index is 0.0457. The molecule has 1 aliphatic carbocycles. The second-order valence-electron chi connectivity index (χ2n) is 12.1. The van der Waals surface area contributed by atoms with E-state index in [0.717, 1.165) is 50.6 Å². The number of hydrogen-bond acceptors (Lipinski definition) is 7. The molecule has 1 aromatic carbocycles. The van der Waals surface area contributed by atoms with Crippen molar-refractivity contribution in [2.24, 2.45) is 28.0 Å². The van der Waals surface area contributed by atoms with Crippen LogP contribution in [0.2, 0.25) is 0 Å². The van der Waals surface area contributed by atoms with Crippen molar-refractivity contribution in [3.05, 3.63) is 23.8 Å². The number of carbonyl (C=O) groups excluding carboxylic acids is 1. The molecule has 0 amide bonds. The Labute approximate surface area is 244 Å². The molecule has 0 radical (unpaired) electrons. The van der Waals surface area contributed by atoms with Crippen LogP contribution in [0, 0.1) is 29.1 Å². The van der Waals surface area contributed by atoms with Crippen molar-refractivity contribution in [2.75, 3.05) is 20.1 Å². The highest BCUT2D eigenvalue weighted by atomic mass is 16.5. The number of guanidine groups is 1. The van der Waals surface area contributed by atoms with Crippen LogP contribution in [0.15, 0.2) is 23.2 Å². The first-order valence-electron chi connectivity index (χ1n) is 15.3. The molecule has 7 atom stereocenters. The number of fused-ring (bicyclic) bond motifs is 5. The Morgan fingerprint density at radius 3 is 2.88 bits per heavy atom. The van der Waals surface area contributed by atoms with Gasteiger partial charge in [0.25, 0.3) is 0 Å². The number of phenolic OH excluding ortho intramolecular Hbond substituents is 1. The standard InChI is InChI=1S/C32H48N4O5/c1-4-32(20-36-31(33)34-3)13-10-23-6-5-7-24-18-26(12-15-35-24)41-30-17-22(8-9-28(30)39)16-27(23)29(40-21(2)37)19-25(38)11-14-32/h8-9,17,23-27,29,35,38-39H,4-7,11-12,14-16,18-20H2,1-3H3,(H3,33,34,36)/t23-,24+,25+,26-,27+,29+,32-/m1/s1. The molecule has 4 rings (SSSR count). The van der Waals surface area contributed by atoms with E-state index in [1.165, 1.54) is 6.92 Å². The van der Waals surface area contributed by atoms with E-state index in [1.54, 1.807) is 13.1 Å². The van der Waals surface area contributed by atoms with Crippen molar-refractivity contribution in [1.82, 2.24) is 10.6 Å². The quantitative estimate of drug-likeness (QED) is 0.162. The Kier molecular flexibility index (Phi) is 10.8. The number of piperidine rings is 1. The molecule has 6 N–H and O–H groups in total. The smallest absolute Gasteiger partial charge is 0.302 e. The lowest BCUT2D eigenvalue weighted by molar-refractivity contribution is -0.152. The molecule has 41 heavy (non-hydrogen) atoms. The van der Waals surface area contributed by atoms with E-state index in [1.807, 2.05) is 12.1 Å². The topological polar surface area (TPSA) is 138 Å². The zero-order valence-corrected chi connectivity index (χ0v) is 24.8. The molecule has 0 aromatic heterocycles. The molecule has 9 heteroatoms. The number of aliphatic hydroxyl groups excluding tert-OH is 1. The number of nitrogens with zero attached hydrogens (tertiary/aromatic N) is 1. The lowest BCUT2D eigenvalue weighted by atomic mass is 9.74. The summed E-state index contributed by atoms with van der Waals surface area (Å²) >= 11 is 0. The third-order valence-corrected chi connectivity index (χ3v) is 9.12. The Hall–Kier alpha value is -2.96. The number of ether oxygens (including phenoxy) is 2. The first-order chi connectivity index (χ1) is 19.7. The summed E-state index contributed by atoms with van der Waals surface area (Å²) in [4.78, 5) is 16.4. The molecule has 3 aliphatic rings. The van der Waals surface area contributed by atoms with Crippen LogP contribution in [0.1, 0.15) is 77.2 Å². The van der Waals surface area contributed by atoms with Crippen molar-refractivity contribution in [3.8, 4) is 23.3 Å². The molecule has 1 fully saturated rings. The van der Waals surface area contributed by atoms with Gasteiger partial charge in [-0.3, -0.25) is 9.79 Å². The van der Waals surface area contributed by atoms with Gasteiger partial charge in [0.05, 0.1) is 6.10 Å². The minimum Gasteiger partial charge on any atom is -0.504 e. The molecule has 9 nitrogen and oxygen atoms in total. The Morgan fingerprint density at radius 2 is 2.12 bits per heavy atom. The number of carbonyl (C=O) groups is 1. The number of nitrogens with two attached hydrogens (primary N) is 1. The summed E-state index contributed by atoms with van der Waals surface area (Å²) in [6, 6.07) is 5.84. The summed E-state index contributed by atoms with van der Waals surface area (Å²) in [5.74, 6) is 7.77. The van der Waals surface area contributed by atoms with Crippen LogP contribution in [0.3, 0.4) is 0 Å². The fourth-order valence-corrected chi connectivity index (χ4v) is 6.56. The summed E-state index contributed by atoms with van der Waals surface area (Å²) in [7, 11) is 1.65. The second-order valence-corrected chi connectivity index (χ2v) is 12.1. The van der Waals surface area contributed by atoms with Gasteiger partial charge in [-0.25, -0.2) is 0 Å². The molecule has 1 aromatic rings. The number of esters is 1. The van der Waals surface area contributed by atoms with Crippen molar-refractivity contribution >= 4 is 11.9 Å². The van der Waals surface area contributed by atoms with E-state index in [0.29, 0.717) is 50.0 Å². The Balaban J connectivity index is 1.77. The summed E-state index contributed by atoms with van der Waals surface area (Å²) in [5, 5.41) is 28.7. The lowest BCUT2D eigenvalue weighted by Gasteiger charge is -2.36. The molecule has 0 spiro atoms. The number of benzene rings is 1. The van der Waals surface area contributed by atoms with Gasteiger partial charge in [-0.1, -0.05) is 31.3 Å². The predicted molar refractivity (Wildman–Crippen MR) is 160 cm³/mol. The molecule has 2 heterocycles. The van der Waals surface area contributed by atoms with Crippen LogP contribution in [0.5, 0.6) is 11.5 Å². The average Bonchev–Trinajstić information content (AvgIpc) is 2.95. The zero-order chi connectivity index (χ0) is 29.4. The fraction of sp³-hybridized carbons (Fsp3) is 0.688. The summed E-state index contributed by atoms with van der Waals surface area (Å²) < 4.78 is 12.3. The van der Waals surface area contributed by atoms with Gasteiger partial charge in [-0.2, -0.15) is 0 Å². The highest BCUT2D eigenvalue weighted by molar-refractivity contribution is 5.77. The van der Waals surface area contributed by atoms with Crippen molar-refractivity contribution in [1.29, 1.82) is 0 Å². The molecule has 2 aliphatic heterocycles. The normalized spacial score (nSPS) is 32.7. The van der Waals surface area contributed by atoms with Crippen LogP contribution in [-0.2, 0) is 16.0 Å². The Bertz CT molecular complexity index is 1130. The van der Waals surface area contributed by atoms with E-state index in [4.69, 9.17) is 15.2 Å². The van der Waals surface area contributed by atoms with Crippen molar-refractivity contribution < 1.29 is 24.5 Å². The molecule has 226 valence electrons.